The molecule has 0 aliphatic carbocycles. The largest absolute Gasteiger partial charge is 0.496 e. The van der Waals surface area contributed by atoms with Crippen LogP contribution in [0.3, 0.4) is 0 Å². The molecule has 0 radical (unpaired) electrons. The van der Waals surface area contributed by atoms with Gasteiger partial charge in [0.2, 0.25) is 0 Å². The molecular weight excluding hydrogens is 464 g/mol. The van der Waals surface area contributed by atoms with Gasteiger partial charge < -0.3 is 18.6 Å². The highest BCUT2D eigenvalue weighted by Crippen LogP contribution is 2.50. The van der Waals surface area contributed by atoms with E-state index in [1.165, 1.54) is 0 Å². The van der Waals surface area contributed by atoms with E-state index in [1.54, 1.807) is 21.3 Å². The van der Waals surface area contributed by atoms with Gasteiger partial charge in [0.25, 0.3) is 0 Å². The maximum atomic E-state index is 13.3. The van der Waals surface area contributed by atoms with Crippen molar-refractivity contribution in [1.82, 2.24) is 0 Å². The molecule has 0 spiro atoms. The first-order valence-electron chi connectivity index (χ1n) is 12.8. The van der Waals surface area contributed by atoms with Crippen LogP contribution in [0.25, 0.3) is 44.5 Å². The first kappa shape index (κ1) is 24.7. The van der Waals surface area contributed by atoms with E-state index in [1.807, 2.05) is 54.6 Å². The highest BCUT2D eigenvalue weighted by Gasteiger charge is 2.33. The van der Waals surface area contributed by atoms with Gasteiger partial charge in [0.15, 0.2) is 5.43 Å². The monoisotopic (exact) mass is 496 g/mol. The third-order valence-corrected chi connectivity index (χ3v) is 6.93. The standard InChI is InChI=1S/C32H32O5/c1-6-11-20-15-26(36-5)23(18-25(20)35-4)32-29(30-28(31(30)33)19-13-9-8-10-14-19)22-17-24(34-3)21(12-7-2)16-27(22)37-32/h8-10,13-18H,6-7,11-12H2,1-5H3. The summed E-state index contributed by atoms with van der Waals surface area (Å²) in [6.07, 6.45) is 3.70. The Hall–Kier alpha value is -3.99. The van der Waals surface area contributed by atoms with Gasteiger partial charge in [0, 0.05) is 22.1 Å². The van der Waals surface area contributed by atoms with Crippen LogP contribution in [-0.4, -0.2) is 21.3 Å². The molecule has 0 fully saturated rings. The van der Waals surface area contributed by atoms with E-state index in [2.05, 4.69) is 13.8 Å². The van der Waals surface area contributed by atoms with Crippen LogP contribution in [0, 0.1) is 0 Å². The third kappa shape index (κ3) is 4.29. The Balaban J connectivity index is 1.82. The SMILES string of the molecule is CCCc1cc(OC)c(-c2oc3cc(CCC)c(OC)cc3c2-c2c(-c3ccccc3)c2=O)cc1OC. The summed E-state index contributed by atoms with van der Waals surface area (Å²) in [5, 5.41) is 0.847. The van der Waals surface area contributed by atoms with Gasteiger partial charge in [-0.1, -0.05) is 57.0 Å². The normalized spacial score (nSPS) is 11.4. The molecule has 5 heteroatoms. The van der Waals surface area contributed by atoms with E-state index in [9.17, 15) is 4.79 Å². The molecule has 0 saturated heterocycles. The van der Waals surface area contributed by atoms with Crippen molar-refractivity contribution in [1.29, 1.82) is 0 Å². The summed E-state index contributed by atoms with van der Waals surface area (Å²) in [5.74, 6) is 2.84. The lowest BCUT2D eigenvalue weighted by Crippen LogP contribution is -1.96. The maximum Gasteiger partial charge on any atom is 0.195 e. The molecule has 190 valence electrons. The highest BCUT2D eigenvalue weighted by molar-refractivity contribution is 6.10. The summed E-state index contributed by atoms with van der Waals surface area (Å²) in [4.78, 5) is 13.3. The van der Waals surface area contributed by atoms with Crippen molar-refractivity contribution >= 4 is 11.0 Å². The summed E-state index contributed by atoms with van der Waals surface area (Å²) >= 11 is 0. The lowest BCUT2D eigenvalue weighted by Gasteiger charge is -2.14. The highest BCUT2D eigenvalue weighted by atomic mass is 16.5. The lowest BCUT2D eigenvalue weighted by atomic mass is 9.97. The number of ether oxygens (including phenoxy) is 3. The summed E-state index contributed by atoms with van der Waals surface area (Å²) in [6, 6.07) is 17.8. The van der Waals surface area contributed by atoms with E-state index < -0.39 is 0 Å². The Morgan fingerprint density at radius 2 is 1.32 bits per heavy atom. The quantitative estimate of drug-likeness (QED) is 0.199. The van der Waals surface area contributed by atoms with Crippen molar-refractivity contribution in [2.24, 2.45) is 0 Å². The average molecular weight is 497 g/mol. The predicted molar refractivity (Wildman–Crippen MR) is 149 cm³/mol. The van der Waals surface area contributed by atoms with Gasteiger partial charge >= 0.3 is 0 Å². The van der Waals surface area contributed by atoms with E-state index in [0.717, 1.165) is 75.9 Å². The molecular formula is C32H32O5. The predicted octanol–water partition coefficient (Wildman–Crippen LogP) is 7.60. The Morgan fingerprint density at radius 1 is 0.703 bits per heavy atom. The molecule has 0 saturated carbocycles. The second kappa shape index (κ2) is 10.2. The van der Waals surface area contributed by atoms with E-state index in [-0.39, 0.29) is 5.43 Å². The summed E-state index contributed by atoms with van der Waals surface area (Å²) < 4.78 is 23.9. The van der Waals surface area contributed by atoms with Crippen molar-refractivity contribution in [3.63, 3.8) is 0 Å². The fraction of sp³-hybridized carbons (Fsp3) is 0.281. The van der Waals surface area contributed by atoms with Gasteiger partial charge in [-0.15, -0.1) is 0 Å². The molecule has 0 amide bonds. The minimum absolute atomic E-state index is 0.0280. The van der Waals surface area contributed by atoms with E-state index in [4.69, 9.17) is 18.6 Å². The second-order valence-electron chi connectivity index (χ2n) is 9.28. The zero-order chi connectivity index (χ0) is 26.1. The number of benzene rings is 3. The van der Waals surface area contributed by atoms with Crippen LogP contribution in [0.2, 0.25) is 0 Å². The van der Waals surface area contributed by atoms with Gasteiger partial charge in [0.1, 0.15) is 28.6 Å². The van der Waals surface area contributed by atoms with Gasteiger partial charge in [-0.2, -0.15) is 0 Å². The minimum Gasteiger partial charge on any atom is -0.496 e. The van der Waals surface area contributed by atoms with Crippen LogP contribution in [0.15, 0.2) is 63.8 Å². The zero-order valence-electron chi connectivity index (χ0n) is 22.1. The van der Waals surface area contributed by atoms with Crippen molar-refractivity contribution in [2.75, 3.05) is 21.3 Å². The van der Waals surface area contributed by atoms with Crippen LogP contribution in [0.4, 0.5) is 0 Å². The molecule has 0 bridgehead atoms. The lowest BCUT2D eigenvalue weighted by molar-refractivity contribution is 0.399. The van der Waals surface area contributed by atoms with Crippen molar-refractivity contribution in [2.45, 2.75) is 39.5 Å². The Bertz CT molecular complexity index is 1560. The Kier molecular flexibility index (Phi) is 6.79. The molecule has 0 aliphatic heterocycles. The second-order valence-corrected chi connectivity index (χ2v) is 9.28. The number of aryl methyl sites for hydroxylation is 2. The van der Waals surface area contributed by atoms with E-state index >= 15 is 0 Å². The van der Waals surface area contributed by atoms with Crippen molar-refractivity contribution in [3.05, 3.63) is 75.9 Å². The number of rotatable bonds is 10. The number of hydrogen-bond donors (Lipinski definition) is 0. The Labute approximate surface area is 217 Å². The van der Waals surface area contributed by atoms with Crippen LogP contribution < -0.4 is 19.6 Å². The zero-order valence-corrected chi connectivity index (χ0v) is 22.1. The summed E-state index contributed by atoms with van der Waals surface area (Å²) in [5.41, 5.74) is 6.70. The summed E-state index contributed by atoms with van der Waals surface area (Å²) in [7, 11) is 5.01. The molecule has 5 nitrogen and oxygen atoms in total. The van der Waals surface area contributed by atoms with Crippen LogP contribution in [-0.2, 0) is 12.8 Å². The first-order valence-corrected chi connectivity index (χ1v) is 12.8. The van der Waals surface area contributed by atoms with Gasteiger partial charge in [0.05, 0.1) is 26.9 Å². The Morgan fingerprint density at radius 3 is 1.95 bits per heavy atom. The van der Waals surface area contributed by atoms with Gasteiger partial charge in [-0.25, -0.2) is 0 Å². The molecule has 37 heavy (non-hydrogen) atoms. The molecule has 0 unspecified atom stereocenters. The fourth-order valence-electron chi connectivity index (χ4n) is 5.15. The molecule has 5 rings (SSSR count). The molecule has 1 heterocycles. The van der Waals surface area contributed by atoms with E-state index in [0.29, 0.717) is 22.7 Å². The number of fused-ring (bicyclic) bond motifs is 1. The number of methoxy groups -OCH3 is 3. The number of furan rings is 1. The first-order chi connectivity index (χ1) is 18.1. The van der Waals surface area contributed by atoms with Crippen molar-refractivity contribution in [3.8, 4) is 50.8 Å². The van der Waals surface area contributed by atoms with Crippen LogP contribution in [0.5, 0.6) is 17.2 Å². The summed E-state index contributed by atoms with van der Waals surface area (Å²) in [6.45, 7) is 4.27. The van der Waals surface area contributed by atoms with Crippen LogP contribution >= 0.6 is 0 Å². The maximum absolute atomic E-state index is 13.3. The number of hydrogen-bond acceptors (Lipinski definition) is 5. The third-order valence-electron chi connectivity index (χ3n) is 6.93. The van der Waals surface area contributed by atoms with Gasteiger partial charge in [-0.3, -0.25) is 4.79 Å². The van der Waals surface area contributed by atoms with Gasteiger partial charge in [-0.05, 0) is 53.8 Å². The molecule has 1 aromatic heterocycles. The molecule has 0 aliphatic rings. The van der Waals surface area contributed by atoms with Crippen molar-refractivity contribution < 1.29 is 18.6 Å². The molecule has 4 aromatic carbocycles. The fourth-order valence-corrected chi connectivity index (χ4v) is 5.15. The minimum atomic E-state index is 0.0280. The molecule has 5 aromatic rings. The molecule has 0 N–H and O–H groups in total. The molecule has 0 atom stereocenters. The smallest absolute Gasteiger partial charge is 0.195 e. The van der Waals surface area contributed by atoms with Crippen LogP contribution in [0.1, 0.15) is 37.8 Å². The average Bonchev–Trinajstić information content (AvgIpc) is 3.45. The topological polar surface area (TPSA) is 57.9 Å².